The van der Waals surface area contributed by atoms with Crippen LogP contribution in [0.3, 0.4) is 0 Å². The fourth-order valence-corrected chi connectivity index (χ4v) is 2.84. The van der Waals surface area contributed by atoms with Gasteiger partial charge in [-0.2, -0.15) is 0 Å². The highest BCUT2D eigenvalue weighted by molar-refractivity contribution is 5.98. The van der Waals surface area contributed by atoms with E-state index in [1.807, 2.05) is 12.2 Å². The van der Waals surface area contributed by atoms with E-state index in [1.165, 1.54) is 20.0 Å². The summed E-state index contributed by atoms with van der Waals surface area (Å²) in [6.07, 6.45) is 16.7. The zero-order chi connectivity index (χ0) is 18.0. The lowest BCUT2D eigenvalue weighted by Gasteiger charge is -2.13. The zero-order valence-electron chi connectivity index (χ0n) is 15.6. The summed E-state index contributed by atoms with van der Waals surface area (Å²) >= 11 is 0. The summed E-state index contributed by atoms with van der Waals surface area (Å²) < 4.78 is 4.82. The molecule has 0 aromatic carbocycles. The monoisotopic (exact) mass is 336 g/mol. The van der Waals surface area contributed by atoms with Crippen LogP contribution in [0, 0.1) is 5.92 Å². The number of ketones is 1. The van der Waals surface area contributed by atoms with E-state index < -0.39 is 5.92 Å². The molecule has 3 nitrogen and oxygen atoms in total. The molecule has 1 atom stereocenters. The topological polar surface area (TPSA) is 43.4 Å². The van der Waals surface area contributed by atoms with E-state index in [9.17, 15) is 9.59 Å². The highest BCUT2D eigenvalue weighted by atomic mass is 16.5. The summed E-state index contributed by atoms with van der Waals surface area (Å²) in [4.78, 5) is 24.2. The number of methoxy groups -OCH3 is 1. The van der Waals surface area contributed by atoms with Gasteiger partial charge in [-0.15, -0.1) is 13.2 Å². The van der Waals surface area contributed by atoms with Gasteiger partial charge in [-0.1, -0.05) is 50.7 Å². The van der Waals surface area contributed by atoms with Crippen LogP contribution in [0.15, 0.2) is 25.3 Å². The first-order chi connectivity index (χ1) is 11.7. The Hall–Kier alpha value is -1.38. The Morgan fingerprint density at radius 2 is 1.33 bits per heavy atom. The van der Waals surface area contributed by atoms with Crippen LogP contribution in [0.4, 0.5) is 0 Å². The molecule has 0 N–H and O–H groups in total. The molecular weight excluding hydrogens is 300 g/mol. The average Bonchev–Trinajstić information content (AvgIpc) is 2.59. The summed E-state index contributed by atoms with van der Waals surface area (Å²) in [5, 5.41) is 0. The molecule has 0 heterocycles. The molecule has 0 aliphatic heterocycles. The van der Waals surface area contributed by atoms with Crippen molar-refractivity contribution in [1.29, 1.82) is 0 Å². The number of allylic oxidation sites excluding steroid dienone is 2. The van der Waals surface area contributed by atoms with Gasteiger partial charge in [0.2, 0.25) is 0 Å². The van der Waals surface area contributed by atoms with Crippen molar-refractivity contribution in [2.75, 3.05) is 7.11 Å². The number of hydrogen-bond acceptors (Lipinski definition) is 3. The standard InChI is InChI=1S/C21H36O3/c1-4-6-8-10-12-14-16-18-20(22)19(21(23)24-3)17-15-13-11-9-7-5-2/h4-5,19H,1-2,6-18H2,3H3. The molecule has 0 fully saturated rings. The number of unbranched alkanes of at least 4 members (excludes halogenated alkanes) is 9. The van der Waals surface area contributed by atoms with E-state index in [4.69, 9.17) is 4.74 Å². The minimum atomic E-state index is -0.560. The minimum Gasteiger partial charge on any atom is -0.468 e. The maximum absolute atomic E-state index is 12.3. The van der Waals surface area contributed by atoms with Gasteiger partial charge in [-0.3, -0.25) is 9.59 Å². The van der Waals surface area contributed by atoms with Gasteiger partial charge in [0.1, 0.15) is 11.7 Å². The highest BCUT2D eigenvalue weighted by Gasteiger charge is 2.26. The van der Waals surface area contributed by atoms with E-state index in [0.717, 1.165) is 57.8 Å². The molecule has 0 saturated heterocycles. The van der Waals surface area contributed by atoms with Crippen molar-refractivity contribution < 1.29 is 14.3 Å². The number of Topliss-reactive ketones (excluding diaryl/α,β-unsaturated/α-hetero) is 1. The van der Waals surface area contributed by atoms with Crippen molar-refractivity contribution in [2.24, 2.45) is 5.92 Å². The summed E-state index contributed by atoms with van der Waals surface area (Å²) in [5.41, 5.74) is 0. The van der Waals surface area contributed by atoms with E-state index in [2.05, 4.69) is 13.2 Å². The SMILES string of the molecule is C=CCCCCCCCC(=O)C(CCCCCCC=C)C(=O)OC. The third kappa shape index (κ3) is 12.1. The largest absolute Gasteiger partial charge is 0.468 e. The maximum atomic E-state index is 12.3. The summed E-state index contributed by atoms with van der Waals surface area (Å²) in [6.45, 7) is 7.42. The number of esters is 1. The molecule has 0 bridgehead atoms. The second-order valence-corrected chi connectivity index (χ2v) is 6.42. The van der Waals surface area contributed by atoms with Gasteiger partial charge in [-0.05, 0) is 38.5 Å². The first-order valence-corrected chi connectivity index (χ1v) is 9.49. The zero-order valence-corrected chi connectivity index (χ0v) is 15.6. The first kappa shape index (κ1) is 22.6. The van der Waals surface area contributed by atoms with Crippen LogP contribution >= 0.6 is 0 Å². The molecule has 0 spiro atoms. The number of ether oxygens (including phenoxy) is 1. The quantitative estimate of drug-likeness (QED) is 0.146. The van der Waals surface area contributed by atoms with Gasteiger partial charge in [0.15, 0.2) is 0 Å². The first-order valence-electron chi connectivity index (χ1n) is 9.49. The van der Waals surface area contributed by atoms with E-state index in [1.54, 1.807) is 0 Å². The Morgan fingerprint density at radius 3 is 1.88 bits per heavy atom. The molecule has 0 saturated carbocycles. The summed E-state index contributed by atoms with van der Waals surface area (Å²) in [6, 6.07) is 0. The van der Waals surface area contributed by atoms with Crippen LogP contribution in [0.25, 0.3) is 0 Å². The Morgan fingerprint density at radius 1 is 0.833 bits per heavy atom. The van der Waals surface area contributed by atoms with Crippen molar-refractivity contribution >= 4 is 11.8 Å². The predicted molar refractivity (Wildman–Crippen MR) is 101 cm³/mol. The van der Waals surface area contributed by atoms with Crippen LogP contribution in [0.1, 0.15) is 83.5 Å². The fraction of sp³-hybridized carbons (Fsp3) is 0.714. The maximum Gasteiger partial charge on any atom is 0.316 e. The fourth-order valence-electron chi connectivity index (χ4n) is 2.84. The van der Waals surface area contributed by atoms with Crippen molar-refractivity contribution in [3.8, 4) is 0 Å². The third-order valence-electron chi connectivity index (χ3n) is 4.36. The summed E-state index contributed by atoms with van der Waals surface area (Å²) in [7, 11) is 1.37. The molecule has 0 aromatic heterocycles. The van der Waals surface area contributed by atoms with Crippen molar-refractivity contribution in [3.05, 3.63) is 25.3 Å². The van der Waals surface area contributed by atoms with E-state index >= 15 is 0 Å². The normalized spacial score (nSPS) is 11.7. The molecule has 3 heteroatoms. The lowest BCUT2D eigenvalue weighted by Crippen LogP contribution is -2.25. The van der Waals surface area contributed by atoms with Crippen molar-refractivity contribution in [3.63, 3.8) is 0 Å². The molecule has 0 rings (SSSR count). The van der Waals surface area contributed by atoms with Crippen molar-refractivity contribution in [1.82, 2.24) is 0 Å². The van der Waals surface area contributed by atoms with Crippen LogP contribution in [-0.4, -0.2) is 18.9 Å². The molecular formula is C21H36O3. The third-order valence-corrected chi connectivity index (χ3v) is 4.36. The molecule has 24 heavy (non-hydrogen) atoms. The second kappa shape index (κ2) is 16.5. The molecule has 0 aliphatic carbocycles. The molecule has 0 aliphatic rings. The summed E-state index contributed by atoms with van der Waals surface area (Å²) in [5.74, 6) is -0.869. The van der Waals surface area contributed by atoms with E-state index in [-0.39, 0.29) is 11.8 Å². The predicted octanol–water partition coefficient (Wildman–Crippen LogP) is 5.79. The molecule has 0 aromatic rings. The van der Waals surface area contributed by atoms with Gasteiger partial charge in [0.25, 0.3) is 0 Å². The number of hydrogen-bond donors (Lipinski definition) is 0. The highest BCUT2D eigenvalue weighted by Crippen LogP contribution is 2.18. The Balaban J connectivity index is 3.97. The molecule has 0 amide bonds. The number of carbonyl (C=O) groups is 2. The van der Waals surface area contributed by atoms with Crippen LogP contribution in [0.5, 0.6) is 0 Å². The molecule has 0 radical (unpaired) electrons. The van der Waals surface area contributed by atoms with Crippen molar-refractivity contribution in [2.45, 2.75) is 83.5 Å². The Kier molecular flexibility index (Phi) is 15.5. The van der Waals surface area contributed by atoms with Gasteiger partial charge < -0.3 is 4.74 Å². The lowest BCUT2D eigenvalue weighted by atomic mass is 9.93. The van der Waals surface area contributed by atoms with Crippen LogP contribution in [-0.2, 0) is 14.3 Å². The second-order valence-electron chi connectivity index (χ2n) is 6.42. The lowest BCUT2D eigenvalue weighted by molar-refractivity contribution is -0.149. The average molecular weight is 337 g/mol. The molecule has 1 unspecified atom stereocenters. The van der Waals surface area contributed by atoms with Gasteiger partial charge in [0, 0.05) is 6.42 Å². The minimum absolute atomic E-state index is 0.0547. The number of rotatable bonds is 17. The smallest absolute Gasteiger partial charge is 0.316 e. The van der Waals surface area contributed by atoms with Gasteiger partial charge in [-0.25, -0.2) is 0 Å². The Labute approximate surface area is 148 Å². The number of carbonyl (C=O) groups excluding carboxylic acids is 2. The van der Waals surface area contributed by atoms with Gasteiger partial charge >= 0.3 is 5.97 Å². The molecule has 138 valence electrons. The van der Waals surface area contributed by atoms with E-state index in [0.29, 0.717) is 12.8 Å². The Bertz CT molecular complexity index is 360. The van der Waals surface area contributed by atoms with Crippen LogP contribution in [0.2, 0.25) is 0 Å². The van der Waals surface area contributed by atoms with Crippen LogP contribution < -0.4 is 0 Å². The van der Waals surface area contributed by atoms with Gasteiger partial charge in [0.05, 0.1) is 7.11 Å².